The van der Waals surface area contributed by atoms with Crippen molar-refractivity contribution in [1.29, 1.82) is 0 Å². The second-order valence-electron chi connectivity index (χ2n) is 14.0. The molecule has 0 unspecified atom stereocenters. The Bertz CT molecular complexity index is 557. The standard InChI is InChI=1S/3C14H28O2.La/c3*1-2-3-4-5-6-7-8-9-10-11-12-13-14(15)16;/h3*2-13H2,1H3,(H,15,16);. The van der Waals surface area contributed by atoms with E-state index in [0.29, 0.717) is 19.3 Å². The molecule has 6 nitrogen and oxygen atoms in total. The largest absolute Gasteiger partial charge is 0.481 e. The van der Waals surface area contributed by atoms with Crippen LogP contribution in [0.25, 0.3) is 0 Å². The molecule has 1 radical (unpaired) electrons. The number of unbranched alkanes of at least 4 members (excludes halogenated alkanes) is 30. The van der Waals surface area contributed by atoms with Gasteiger partial charge in [-0.15, -0.1) is 0 Å². The third kappa shape index (κ3) is 66.4. The van der Waals surface area contributed by atoms with Crippen molar-refractivity contribution in [2.45, 2.75) is 252 Å². The van der Waals surface area contributed by atoms with E-state index in [9.17, 15) is 14.4 Å². The van der Waals surface area contributed by atoms with E-state index in [1.807, 2.05) is 0 Å². The molecule has 0 aliphatic carbocycles. The molecule has 0 heterocycles. The summed E-state index contributed by atoms with van der Waals surface area (Å²) in [7, 11) is 0. The molecule has 3 N–H and O–H groups in total. The third-order valence-corrected chi connectivity index (χ3v) is 8.98. The Morgan fingerprint density at radius 3 is 0.510 bits per heavy atom. The van der Waals surface area contributed by atoms with E-state index in [2.05, 4.69) is 20.8 Å². The Hall–Kier alpha value is -0.395. The van der Waals surface area contributed by atoms with Gasteiger partial charge in [-0.3, -0.25) is 14.4 Å². The number of aliphatic carboxylic acids is 3. The fraction of sp³-hybridized carbons (Fsp3) is 0.929. The minimum Gasteiger partial charge on any atom is -0.481 e. The first-order valence-corrected chi connectivity index (χ1v) is 21.0. The maximum atomic E-state index is 10.3. The normalized spacial score (nSPS) is 10.3. The van der Waals surface area contributed by atoms with Crippen LogP contribution < -0.4 is 0 Å². The van der Waals surface area contributed by atoms with Crippen LogP contribution in [0.3, 0.4) is 0 Å². The Labute approximate surface area is 333 Å². The molecule has 0 spiro atoms. The van der Waals surface area contributed by atoms with Crippen LogP contribution in [0.2, 0.25) is 0 Å². The number of carbonyl (C=O) groups is 3. The van der Waals surface area contributed by atoms with E-state index < -0.39 is 17.9 Å². The number of hydrogen-bond acceptors (Lipinski definition) is 3. The molecule has 0 amide bonds. The monoisotopic (exact) mass is 824 g/mol. The first kappa shape index (κ1) is 55.4. The summed E-state index contributed by atoms with van der Waals surface area (Å²) in [5, 5.41) is 25.4. The minimum absolute atomic E-state index is 0. The van der Waals surface area contributed by atoms with E-state index >= 15 is 0 Å². The van der Waals surface area contributed by atoms with Crippen LogP contribution in [0, 0.1) is 35.6 Å². The molecule has 7 heteroatoms. The molecule has 0 aliphatic heterocycles. The molecule has 0 rings (SSSR count). The molecule has 0 saturated heterocycles. The van der Waals surface area contributed by atoms with Gasteiger partial charge in [0.15, 0.2) is 0 Å². The summed E-state index contributed by atoms with van der Waals surface area (Å²) in [4.78, 5) is 30.8. The number of rotatable bonds is 36. The van der Waals surface area contributed by atoms with E-state index in [-0.39, 0.29) is 35.6 Å². The van der Waals surface area contributed by atoms with Crippen LogP contribution in [0.15, 0.2) is 0 Å². The molecule has 0 atom stereocenters. The van der Waals surface area contributed by atoms with Crippen LogP contribution in [-0.2, 0) is 14.4 Å². The van der Waals surface area contributed by atoms with Crippen LogP contribution in [-0.4, -0.2) is 33.2 Å². The van der Waals surface area contributed by atoms with Gasteiger partial charge < -0.3 is 15.3 Å². The van der Waals surface area contributed by atoms with Gasteiger partial charge in [0.2, 0.25) is 0 Å². The maximum Gasteiger partial charge on any atom is 0.303 e. The Kier molecular flexibility index (Phi) is 58.7. The Balaban J connectivity index is -0.000000307. The summed E-state index contributed by atoms with van der Waals surface area (Å²) in [6.07, 6.45) is 43.1. The van der Waals surface area contributed by atoms with Gasteiger partial charge in [-0.05, 0) is 19.3 Å². The van der Waals surface area contributed by atoms with E-state index in [0.717, 1.165) is 38.5 Å². The van der Waals surface area contributed by atoms with Crippen LogP contribution in [0.4, 0.5) is 0 Å². The van der Waals surface area contributed by atoms with Gasteiger partial charge in [-0.1, -0.05) is 213 Å². The maximum absolute atomic E-state index is 10.3. The number of hydrogen-bond donors (Lipinski definition) is 3. The summed E-state index contributed by atoms with van der Waals surface area (Å²) in [5.41, 5.74) is 0. The topological polar surface area (TPSA) is 112 Å². The van der Waals surface area contributed by atoms with Gasteiger partial charge in [0.25, 0.3) is 0 Å². The fourth-order valence-electron chi connectivity index (χ4n) is 5.82. The predicted octanol–water partition coefficient (Wildman–Crippen LogP) is 14.3. The van der Waals surface area contributed by atoms with Crippen molar-refractivity contribution in [2.75, 3.05) is 0 Å². The van der Waals surface area contributed by atoms with Crippen molar-refractivity contribution in [3.8, 4) is 0 Å². The summed E-state index contributed by atoms with van der Waals surface area (Å²) < 4.78 is 0. The summed E-state index contributed by atoms with van der Waals surface area (Å²) in [6, 6.07) is 0. The second-order valence-corrected chi connectivity index (χ2v) is 14.0. The van der Waals surface area contributed by atoms with Gasteiger partial charge in [-0.25, -0.2) is 0 Å². The second kappa shape index (κ2) is 52.0. The molecule has 0 aliphatic rings. The van der Waals surface area contributed by atoms with Gasteiger partial charge >= 0.3 is 17.9 Å². The molecule has 0 aromatic carbocycles. The van der Waals surface area contributed by atoms with Gasteiger partial charge in [0.05, 0.1) is 0 Å². The average molecular weight is 824 g/mol. The predicted molar refractivity (Wildman–Crippen MR) is 206 cm³/mol. The number of carboxylic acids is 3. The quantitative estimate of drug-likeness (QED) is 0.0543. The van der Waals surface area contributed by atoms with Gasteiger partial charge in [0.1, 0.15) is 0 Å². The first-order valence-electron chi connectivity index (χ1n) is 21.0. The van der Waals surface area contributed by atoms with Crippen molar-refractivity contribution in [1.82, 2.24) is 0 Å². The number of carboxylic acid groups (broad SMARTS) is 3. The first-order chi connectivity index (χ1) is 23.3. The van der Waals surface area contributed by atoms with Crippen LogP contribution in [0.1, 0.15) is 252 Å². The smallest absolute Gasteiger partial charge is 0.303 e. The molecule has 0 aromatic heterocycles. The zero-order valence-electron chi connectivity index (χ0n) is 33.1. The van der Waals surface area contributed by atoms with Crippen LogP contribution >= 0.6 is 0 Å². The Morgan fingerprint density at radius 1 is 0.265 bits per heavy atom. The molecular weight excluding hydrogens is 739 g/mol. The van der Waals surface area contributed by atoms with Crippen LogP contribution in [0.5, 0.6) is 0 Å². The Morgan fingerprint density at radius 2 is 0.388 bits per heavy atom. The molecule has 0 saturated carbocycles. The molecule has 0 bridgehead atoms. The van der Waals surface area contributed by atoms with E-state index in [1.165, 1.54) is 173 Å². The SMILES string of the molecule is CCCCCCCCCCCCCC(=O)O.CCCCCCCCCCCCCC(=O)O.CCCCCCCCCCCCCC(=O)O.[La]. The van der Waals surface area contributed by atoms with Gasteiger partial charge in [-0.2, -0.15) is 0 Å². The molecule has 0 fully saturated rings. The van der Waals surface area contributed by atoms with E-state index in [4.69, 9.17) is 15.3 Å². The molecule has 49 heavy (non-hydrogen) atoms. The van der Waals surface area contributed by atoms with Crippen molar-refractivity contribution < 1.29 is 65.3 Å². The van der Waals surface area contributed by atoms with Gasteiger partial charge in [0, 0.05) is 54.9 Å². The summed E-state index contributed by atoms with van der Waals surface area (Å²) in [6.45, 7) is 6.74. The zero-order chi connectivity index (χ0) is 36.2. The van der Waals surface area contributed by atoms with E-state index in [1.54, 1.807) is 0 Å². The molecule has 291 valence electrons. The van der Waals surface area contributed by atoms with Crippen molar-refractivity contribution in [3.63, 3.8) is 0 Å². The summed E-state index contributed by atoms with van der Waals surface area (Å²) >= 11 is 0. The summed E-state index contributed by atoms with van der Waals surface area (Å²) in [5.74, 6) is -1.97. The van der Waals surface area contributed by atoms with Crippen molar-refractivity contribution in [2.24, 2.45) is 0 Å². The average Bonchev–Trinajstić information content (AvgIpc) is 3.05. The minimum atomic E-state index is -0.657. The van der Waals surface area contributed by atoms with Crippen molar-refractivity contribution in [3.05, 3.63) is 0 Å². The molecule has 0 aromatic rings. The zero-order valence-corrected chi connectivity index (χ0v) is 36.7. The molecular formula is C42H84LaO6. The third-order valence-electron chi connectivity index (χ3n) is 8.98. The fourth-order valence-corrected chi connectivity index (χ4v) is 5.82. The van der Waals surface area contributed by atoms with Crippen molar-refractivity contribution >= 4 is 17.9 Å².